The number of carbonyl (C=O) groups is 4. The molecule has 2 aromatic carbocycles. The van der Waals surface area contributed by atoms with E-state index in [-0.39, 0.29) is 18.1 Å². The van der Waals surface area contributed by atoms with Crippen molar-refractivity contribution in [2.24, 2.45) is 0 Å². The lowest BCUT2D eigenvalue weighted by atomic mass is 10.1. The standard InChI is InChI=1S/C21H20N2O5S/c1-12(24)14-7-9-15(10-8-14)22-20(26)13(2)28-19(25)11-18-21(27)23-16-5-3-4-6-17(16)29-18/h3-10,13,18H,11H2,1-2H3,(H,22,26)(H,23,27)/t13-,18+/m0/s1. The molecule has 0 unspecified atom stereocenters. The number of anilines is 2. The molecule has 7 nitrogen and oxygen atoms in total. The fraction of sp³-hybridized carbons (Fsp3) is 0.238. The maximum Gasteiger partial charge on any atom is 0.308 e. The van der Waals surface area contributed by atoms with Crippen LogP contribution < -0.4 is 10.6 Å². The van der Waals surface area contributed by atoms with Crippen molar-refractivity contribution in [3.63, 3.8) is 0 Å². The third kappa shape index (κ3) is 5.23. The van der Waals surface area contributed by atoms with Gasteiger partial charge in [0.25, 0.3) is 5.91 Å². The molecule has 150 valence electrons. The highest BCUT2D eigenvalue weighted by atomic mass is 32.2. The second-order valence-electron chi connectivity index (χ2n) is 6.55. The van der Waals surface area contributed by atoms with Gasteiger partial charge in [-0.3, -0.25) is 19.2 Å². The first-order valence-corrected chi connectivity index (χ1v) is 9.89. The maximum atomic E-state index is 12.2. The molecular formula is C21H20N2O5S. The molecule has 0 saturated carbocycles. The van der Waals surface area contributed by atoms with Crippen molar-refractivity contribution < 1.29 is 23.9 Å². The van der Waals surface area contributed by atoms with E-state index in [4.69, 9.17) is 4.74 Å². The van der Waals surface area contributed by atoms with E-state index in [2.05, 4.69) is 10.6 Å². The molecule has 0 bridgehead atoms. The molecule has 1 aliphatic rings. The summed E-state index contributed by atoms with van der Waals surface area (Å²) in [6.07, 6.45) is -1.17. The Kier molecular flexibility index (Phi) is 6.33. The van der Waals surface area contributed by atoms with Gasteiger partial charge >= 0.3 is 5.97 Å². The van der Waals surface area contributed by atoms with Crippen LogP contribution in [0.5, 0.6) is 0 Å². The average molecular weight is 412 g/mol. The van der Waals surface area contributed by atoms with Crippen molar-refractivity contribution in [2.75, 3.05) is 10.6 Å². The lowest BCUT2D eigenvalue weighted by Gasteiger charge is -2.23. The van der Waals surface area contributed by atoms with Crippen LogP contribution in [0.4, 0.5) is 11.4 Å². The number of thioether (sulfide) groups is 1. The van der Waals surface area contributed by atoms with Crippen LogP contribution in [0.25, 0.3) is 0 Å². The van der Waals surface area contributed by atoms with Gasteiger partial charge in [-0.15, -0.1) is 11.8 Å². The monoisotopic (exact) mass is 412 g/mol. The predicted molar refractivity (Wildman–Crippen MR) is 110 cm³/mol. The molecule has 8 heteroatoms. The first-order chi connectivity index (χ1) is 13.8. The summed E-state index contributed by atoms with van der Waals surface area (Å²) in [5.74, 6) is -1.47. The smallest absolute Gasteiger partial charge is 0.308 e. The van der Waals surface area contributed by atoms with Crippen molar-refractivity contribution in [1.82, 2.24) is 0 Å². The number of amides is 2. The Balaban J connectivity index is 1.52. The molecule has 0 saturated heterocycles. The van der Waals surface area contributed by atoms with Crippen LogP contribution in [-0.4, -0.2) is 34.9 Å². The second kappa shape index (κ2) is 8.91. The number of esters is 1. The number of carbonyl (C=O) groups excluding carboxylic acids is 4. The van der Waals surface area contributed by atoms with Gasteiger partial charge in [-0.2, -0.15) is 0 Å². The van der Waals surface area contributed by atoms with Crippen molar-refractivity contribution in [3.05, 3.63) is 54.1 Å². The second-order valence-corrected chi connectivity index (χ2v) is 7.80. The molecule has 2 atom stereocenters. The summed E-state index contributed by atoms with van der Waals surface area (Å²) in [4.78, 5) is 48.8. The number of hydrogen-bond donors (Lipinski definition) is 2. The highest BCUT2D eigenvalue weighted by Crippen LogP contribution is 2.36. The Bertz CT molecular complexity index is 958. The Morgan fingerprint density at radius 1 is 1.14 bits per heavy atom. The summed E-state index contributed by atoms with van der Waals surface area (Å²) >= 11 is 1.29. The van der Waals surface area contributed by atoms with E-state index in [0.717, 1.165) is 10.6 Å². The number of Topliss-reactive ketones (excluding diaryl/α,β-unsaturated/α-hetero) is 1. The molecule has 0 radical (unpaired) electrons. The summed E-state index contributed by atoms with van der Waals surface area (Å²) < 4.78 is 5.19. The van der Waals surface area contributed by atoms with E-state index in [1.54, 1.807) is 30.3 Å². The third-order valence-electron chi connectivity index (χ3n) is 4.30. The zero-order chi connectivity index (χ0) is 21.0. The van der Waals surface area contributed by atoms with Gasteiger partial charge in [0.05, 0.1) is 17.4 Å². The van der Waals surface area contributed by atoms with E-state index >= 15 is 0 Å². The van der Waals surface area contributed by atoms with Crippen molar-refractivity contribution in [3.8, 4) is 0 Å². The molecule has 3 rings (SSSR count). The normalized spacial score (nSPS) is 16.2. The largest absolute Gasteiger partial charge is 0.452 e. The lowest BCUT2D eigenvalue weighted by Crippen LogP contribution is -2.34. The number of fused-ring (bicyclic) bond motifs is 1. The van der Waals surface area contributed by atoms with Gasteiger partial charge in [0, 0.05) is 16.1 Å². The van der Waals surface area contributed by atoms with E-state index in [1.807, 2.05) is 18.2 Å². The fourth-order valence-corrected chi connectivity index (χ4v) is 3.80. The summed E-state index contributed by atoms with van der Waals surface area (Å²) in [5, 5.41) is 4.77. The number of nitrogens with one attached hydrogen (secondary N) is 2. The number of benzene rings is 2. The topological polar surface area (TPSA) is 102 Å². The van der Waals surface area contributed by atoms with E-state index < -0.39 is 23.2 Å². The zero-order valence-corrected chi connectivity index (χ0v) is 16.7. The molecule has 2 amide bonds. The SMILES string of the molecule is CC(=O)c1ccc(NC(=O)[C@H](C)OC(=O)C[C@H]2Sc3ccccc3NC2=O)cc1. The van der Waals surface area contributed by atoms with E-state index in [0.29, 0.717) is 11.3 Å². The lowest BCUT2D eigenvalue weighted by molar-refractivity contribution is -0.153. The molecule has 0 aromatic heterocycles. The number of rotatable bonds is 6. The highest BCUT2D eigenvalue weighted by Gasteiger charge is 2.30. The molecule has 1 heterocycles. The summed E-state index contributed by atoms with van der Waals surface area (Å²) in [5.41, 5.74) is 1.74. The summed E-state index contributed by atoms with van der Waals surface area (Å²) in [7, 11) is 0. The van der Waals surface area contributed by atoms with Crippen LogP contribution >= 0.6 is 11.8 Å². The van der Waals surface area contributed by atoms with Crippen LogP contribution in [0.2, 0.25) is 0 Å². The molecule has 2 aromatic rings. The molecule has 0 spiro atoms. The van der Waals surface area contributed by atoms with Crippen LogP contribution in [0.1, 0.15) is 30.6 Å². The molecule has 29 heavy (non-hydrogen) atoms. The number of ether oxygens (including phenoxy) is 1. The molecule has 0 fully saturated rings. The van der Waals surface area contributed by atoms with Crippen LogP contribution in [-0.2, 0) is 19.1 Å². The van der Waals surface area contributed by atoms with Crippen molar-refractivity contribution >= 4 is 46.7 Å². The maximum absolute atomic E-state index is 12.2. The highest BCUT2D eigenvalue weighted by molar-refractivity contribution is 8.01. The minimum atomic E-state index is -1.03. The number of para-hydroxylation sites is 1. The Hall–Kier alpha value is -3.13. The minimum absolute atomic E-state index is 0.0718. The van der Waals surface area contributed by atoms with Gasteiger partial charge < -0.3 is 15.4 Å². The zero-order valence-electron chi connectivity index (χ0n) is 15.9. The van der Waals surface area contributed by atoms with Gasteiger partial charge in [0.1, 0.15) is 0 Å². The number of ketones is 1. The van der Waals surface area contributed by atoms with Crippen LogP contribution in [0.15, 0.2) is 53.4 Å². The van der Waals surface area contributed by atoms with Crippen LogP contribution in [0, 0.1) is 0 Å². The third-order valence-corrected chi connectivity index (χ3v) is 5.57. The van der Waals surface area contributed by atoms with Crippen LogP contribution in [0.3, 0.4) is 0 Å². The van der Waals surface area contributed by atoms with Crippen molar-refractivity contribution in [2.45, 2.75) is 36.5 Å². The minimum Gasteiger partial charge on any atom is -0.452 e. The van der Waals surface area contributed by atoms with Gasteiger partial charge in [-0.1, -0.05) is 12.1 Å². The van der Waals surface area contributed by atoms with Gasteiger partial charge in [0.15, 0.2) is 11.9 Å². The summed E-state index contributed by atoms with van der Waals surface area (Å²) in [6.45, 7) is 2.92. The quantitative estimate of drug-likeness (QED) is 0.558. The summed E-state index contributed by atoms with van der Waals surface area (Å²) in [6, 6.07) is 13.7. The van der Waals surface area contributed by atoms with Gasteiger partial charge in [-0.05, 0) is 50.2 Å². The fourth-order valence-electron chi connectivity index (χ4n) is 2.71. The molecule has 2 N–H and O–H groups in total. The first kappa shape index (κ1) is 20.6. The molecule has 0 aliphatic carbocycles. The average Bonchev–Trinajstić information content (AvgIpc) is 2.68. The Morgan fingerprint density at radius 2 is 1.83 bits per heavy atom. The Labute approximate surface area is 172 Å². The van der Waals surface area contributed by atoms with E-state index in [9.17, 15) is 19.2 Å². The number of hydrogen-bond acceptors (Lipinski definition) is 6. The molecule has 1 aliphatic heterocycles. The van der Waals surface area contributed by atoms with Crippen molar-refractivity contribution in [1.29, 1.82) is 0 Å². The van der Waals surface area contributed by atoms with E-state index in [1.165, 1.54) is 25.6 Å². The van der Waals surface area contributed by atoms with Gasteiger partial charge in [-0.25, -0.2) is 0 Å². The molecular weight excluding hydrogens is 392 g/mol. The van der Waals surface area contributed by atoms with Gasteiger partial charge in [0.2, 0.25) is 5.91 Å². The Morgan fingerprint density at radius 3 is 2.52 bits per heavy atom. The predicted octanol–water partition coefficient (Wildman–Crippen LogP) is 3.26. The first-order valence-electron chi connectivity index (χ1n) is 9.01.